The summed E-state index contributed by atoms with van der Waals surface area (Å²) in [6.45, 7) is 4.01. The van der Waals surface area contributed by atoms with Crippen molar-refractivity contribution in [2.24, 2.45) is 0 Å². The largest absolute Gasteiger partial charge is 0.486 e. The van der Waals surface area contributed by atoms with Crippen LogP contribution in [0.2, 0.25) is 5.02 Å². The highest BCUT2D eigenvalue weighted by atomic mass is 35.5. The van der Waals surface area contributed by atoms with Gasteiger partial charge in [0, 0.05) is 11.6 Å². The normalized spacial score (nSPS) is 14.2. The molecule has 0 saturated carbocycles. The Morgan fingerprint density at radius 2 is 1.92 bits per heavy atom. The van der Waals surface area contributed by atoms with Gasteiger partial charge in [0.2, 0.25) is 5.91 Å². The molecule has 0 spiro atoms. The third-order valence-corrected chi connectivity index (χ3v) is 4.57. The molecule has 3 rings (SSSR count). The molecule has 1 atom stereocenters. The van der Waals surface area contributed by atoms with Crippen molar-refractivity contribution in [1.82, 2.24) is 10.2 Å². The van der Waals surface area contributed by atoms with E-state index in [-0.39, 0.29) is 11.9 Å². The molecule has 0 radical (unpaired) electrons. The Morgan fingerprint density at radius 1 is 1.19 bits per heavy atom. The van der Waals surface area contributed by atoms with E-state index in [1.165, 1.54) is 0 Å². The van der Waals surface area contributed by atoms with Crippen molar-refractivity contribution in [2.75, 3.05) is 26.8 Å². The van der Waals surface area contributed by atoms with E-state index in [4.69, 9.17) is 21.1 Å². The molecule has 0 aliphatic carbocycles. The zero-order chi connectivity index (χ0) is 18.5. The predicted octanol–water partition coefficient (Wildman–Crippen LogP) is 3.42. The molecule has 1 heterocycles. The van der Waals surface area contributed by atoms with Crippen LogP contribution in [0.25, 0.3) is 0 Å². The number of rotatable bonds is 6. The third kappa shape index (κ3) is 4.68. The second-order valence-corrected chi connectivity index (χ2v) is 6.87. The van der Waals surface area contributed by atoms with Gasteiger partial charge in [-0.3, -0.25) is 9.69 Å². The Balaban J connectivity index is 1.53. The van der Waals surface area contributed by atoms with Gasteiger partial charge in [-0.1, -0.05) is 35.9 Å². The molecular weight excluding hydrogens is 352 g/mol. The number of amides is 1. The quantitative estimate of drug-likeness (QED) is 0.841. The van der Waals surface area contributed by atoms with Gasteiger partial charge in [0.25, 0.3) is 0 Å². The topological polar surface area (TPSA) is 50.8 Å². The van der Waals surface area contributed by atoms with Crippen LogP contribution < -0.4 is 14.8 Å². The van der Waals surface area contributed by atoms with E-state index in [9.17, 15) is 4.79 Å². The molecule has 1 unspecified atom stereocenters. The van der Waals surface area contributed by atoms with Crippen LogP contribution >= 0.6 is 11.6 Å². The van der Waals surface area contributed by atoms with Crippen LogP contribution in [0.4, 0.5) is 0 Å². The van der Waals surface area contributed by atoms with Crippen molar-refractivity contribution in [3.05, 3.63) is 58.6 Å². The number of nitrogens with one attached hydrogen (secondary N) is 1. The Morgan fingerprint density at radius 3 is 2.69 bits per heavy atom. The second kappa shape index (κ2) is 8.43. The minimum absolute atomic E-state index is 0.0440. The first-order chi connectivity index (χ1) is 12.5. The zero-order valence-corrected chi connectivity index (χ0v) is 15.8. The van der Waals surface area contributed by atoms with Crippen LogP contribution in [0, 0.1) is 0 Å². The van der Waals surface area contributed by atoms with E-state index in [0.717, 1.165) is 22.6 Å². The van der Waals surface area contributed by atoms with Gasteiger partial charge < -0.3 is 14.8 Å². The maximum Gasteiger partial charge on any atom is 0.234 e. The first-order valence-corrected chi connectivity index (χ1v) is 9.01. The number of nitrogens with zero attached hydrogens (tertiary/aromatic N) is 1. The van der Waals surface area contributed by atoms with E-state index in [2.05, 4.69) is 5.32 Å². The average Bonchev–Trinajstić information content (AvgIpc) is 2.61. The first-order valence-electron chi connectivity index (χ1n) is 8.64. The van der Waals surface area contributed by atoms with Crippen LogP contribution in [0.1, 0.15) is 24.1 Å². The number of likely N-dealkylation sites (N-methyl/N-ethyl adjacent to an activating group) is 1. The van der Waals surface area contributed by atoms with Crippen molar-refractivity contribution in [3.8, 4) is 11.5 Å². The highest BCUT2D eigenvalue weighted by molar-refractivity contribution is 6.31. The molecule has 5 nitrogen and oxygen atoms in total. The summed E-state index contributed by atoms with van der Waals surface area (Å²) >= 11 is 6.19. The zero-order valence-electron chi connectivity index (χ0n) is 15.0. The van der Waals surface area contributed by atoms with E-state index in [1.54, 1.807) is 0 Å². The molecule has 0 saturated heterocycles. The molecule has 26 heavy (non-hydrogen) atoms. The maximum absolute atomic E-state index is 12.3. The third-order valence-electron chi connectivity index (χ3n) is 4.22. The molecule has 0 aromatic heterocycles. The van der Waals surface area contributed by atoms with Crippen molar-refractivity contribution < 1.29 is 14.3 Å². The van der Waals surface area contributed by atoms with Crippen LogP contribution in [0.3, 0.4) is 0 Å². The number of carbonyl (C=O) groups excluding carboxylic acids is 1. The molecule has 0 bridgehead atoms. The van der Waals surface area contributed by atoms with Crippen molar-refractivity contribution in [1.29, 1.82) is 0 Å². The fourth-order valence-electron chi connectivity index (χ4n) is 2.99. The minimum atomic E-state index is -0.140. The highest BCUT2D eigenvalue weighted by Crippen LogP contribution is 2.31. The molecule has 1 N–H and O–H groups in total. The van der Waals surface area contributed by atoms with Crippen molar-refractivity contribution >= 4 is 17.5 Å². The lowest BCUT2D eigenvalue weighted by molar-refractivity contribution is -0.122. The van der Waals surface area contributed by atoms with Crippen LogP contribution in [0.15, 0.2) is 42.5 Å². The number of fused-ring (bicyclic) bond motifs is 1. The van der Waals surface area contributed by atoms with Gasteiger partial charge in [-0.25, -0.2) is 0 Å². The van der Waals surface area contributed by atoms with Gasteiger partial charge in [0.15, 0.2) is 11.5 Å². The summed E-state index contributed by atoms with van der Waals surface area (Å²) in [6, 6.07) is 13.3. The Bertz CT molecular complexity index is 781. The second-order valence-electron chi connectivity index (χ2n) is 6.46. The molecule has 138 valence electrons. The van der Waals surface area contributed by atoms with Crippen LogP contribution in [-0.2, 0) is 11.3 Å². The SMILES string of the molecule is CC(NC(=O)CN(C)Cc1ccc2c(c1)OCCO2)c1ccccc1Cl. The number of hydrogen-bond donors (Lipinski definition) is 1. The van der Waals surface area contributed by atoms with Gasteiger partial charge in [0.05, 0.1) is 12.6 Å². The lowest BCUT2D eigenvalue weighted by atomic mass is 10.1. The molecule has 1 aliphatic rings. The number of ether oxygens (including phenoxy) is 2. The van der Waals surface area contributed by atoms with Crippen LogP contribution in [-0.4, -0.2) is 37.6 Å². The molecular formula is C20H23ClN2O3. The number of benzene rings is 2. The standard InChI is InChI=1S/C20H23ClN2O3/c1-14(16-5-3-4-6-17(16)21)22-20(24)13-23(2)12-15-7-8-18-19(11-15)26-10-9-25-18/h3-8,11,14H,9-10,12-13H2,1-2H3,(H,22,24). The molecule has 2 aromatic carbocycles. The van der Waals surface area contributed by atoms with Gasteiger partial charge >= 0.3 is 0 Å². The van der Waals surface area contributed by atoms with Gasteiger partial charge in [-0.15, -0.1) is 0 Å². The van der Waals surface area contributed by atoms with E-state index in [0.29, 0.717) is 31.3 Å². The summed E-state index contributed by atoms with van der Waals surface area (Å²) in [5.74, 6) is 1.49. The first kappa shape index (κ1) is 18.5. The Labute approximate surface area is 158 Å². The lowest BCUT2D eigenvalue weighted by Crippen LogP contribution is -2.36. The highest BCUT2D eigenvalue weighted by Gasteiger charge is 2.15. The van der Waals surface area contributed by atoms with E-state index in [1.807, 2.05) is 61.3 Å². The summed E-state index contributed by atoms with van der Waals surface area (Å²) in [7, 11) is 1.91. The summed E-state index contributed by atoms with van der Waals surface area (Å²) < 4.78 is 11.1. The van der Waals surface area contributed by atoms with Crippen molar-refractivity contribution in [3.63, 3.8) is 0 Å². The summed E-state index contributed by atoms with van der Waals surface area (Å²) in [6.07, 6.45) is 0. The monoisotopic (exact) mass is 374 g/mol. The minimum Gasteiger partial charge on any atom is -0.486 e. The number of hydrogen-bond acceptors (Lipinski definition) is 4. The fraction of sp³-hybridized carbons (Fsp3) is 0.350. The number of carbonyl (C=O) groups is 1. The summed E-state index contributed by atoms with van der Waals surface area (Å²) in [5.41, 5.74) is 1.99. The smallest absolute Gasteiger partial charge is 0.234 e. The molecule has 1 aliphatic heterocycles. The Hall–Kier alpha value is -2.24. The molecule has 6 heteroatoms. The predicted molar refractivity (Wildman–Crippen MR) is 102 cm³/mol. The van der Waals surface area contributed by atoms with Crippen molar-refractivity contribution in [2.45, 2.75) is 19.5 Å². The molecule has 1 amide bonds. The van der Waals surface area contributed by atoms with Gasteiger partial charge in [-0.05, 0) is 43.3 Å². The summed E-state index contributed by atoms with van der Waals surface area (Å²) in [5, 5.41) is 3.65. The maximum atomic E-state index is 12.3. The number of halogens is 1. The summed E-state index contributed by atoms with van der Waals surface area (Å²) in [4.78, 5) is 14.3. The molecule has 0 fully saturated rings. The molecule has 2 aromatic rings. The van der Waals surface area contributed by atoms with Gasteiger partial charge in [0.1, 0.15) is 13.2 Å². The fourth-order valence-corrected chi connectivity index (χ4v) is 3.29. The lowest BCUT2D eigenvalue weighted by Gasteiger charge is -2.22. The van der Waals surface area contributed by atoms with E-state index < -0.39 is 0 Å². The van der Waals surface area contributed by atoms with Crippen LogP contribution in [0.5, 0.6) is 11.5 Å². The van der Waals surface area contributed by atoms with Gasteiger partial charge in [-0.2, -0.15) is 0 Å². The Kier molecular flexibility index (Phi) is 6.01. The average molecular weight is 375 g/mol. The van der Waals surface area contributed by atoms with E-state index >= 15 is 0 Å².